The third-order valence-electron chi connectivity index (χ3n) is 3.34. The van der Waals surface area contributed by atoms with E-state index < -0.39 is 0 Å². The number of hydrogen-bond acceptors (Lipinski definition) is 5. The van der Waals surface area contributed by atoms with Crippen LogP contribution in [0.4, 0.5) is 0 Å². The quantitative estimate of drug-likeness (QED) is 0.769. The molecule has 1 unspecified atom stereocenters. The molecule has 1 aliphatic rings. The number of allylic oxidation sites excluding steroid dienone is 1. The number of likely N-dealkylation sites (tertiary alicyclic amines) is 1. The Morgan fingerprint density at radius 2 is 2.38 bits per heavy atom. The van der Waals surface area contributed by atoms with Crippen LogP contribution in [0.3, 0.4) is 0 Å². The van der Waals surface area contributed by atoms with Gasteiger partial charge < -0.3 is 9.64 Å². The summed E-state index contributed by atoms with van der Waals surface area (Å²) >= 11 is 0. The monoisotopic (exact) mass is 286 g/mol. The second kappa shape index (κ2) is 7.39. The van der Waals surface area contributed by atoms with Crippen molar-refractivity contribution in [3.05, 3.63) is 30.7 Å². The first-order valence-electron chi connectivity index (χ1n) is 7.01. The molecule has 110 valence electrons. The molecule has 6 nitrogen and oxygen atoms in total. The fraction of sp³-hybridized carbons (Fsp3) is 0.467. The van der Waals surface area contributed by atoms with Gasteiger partial charge in [0.05, 0.1) is 6.54 Å². The third-order valence-corrected chi connectivity index (χ3v) is 3.34. The van der Waals surface area contributed by atoms with Crippen LogP contribution in [0.1, 0.15) is 31.4 Å². The van der Waals surface area contributed by atoms with E-state index in [0.29, 0.717) is 19.4 Å². The summed E-state index contributed by atoms with van der Waals surface area (Å²) < 4.78 is 5.75. The van der Waals surface area contributed by atoms with Crippen LogP contribution in [0.2, 0.25) is 0 Å². The zero-order valence-corrected chi connectivity index (χ0v) is 11.9. The first kappa shape index (κ1) is 15.0. The minimum absolute atomic E-state index is 0.114. The van der Waals surface area contributed by atoms with Gasteiger partial charge in [0.25, 0.3) is 5.88 Å². The molecule has 1 amide bonds. The summed E-state index contributed by atoms with van der Waals surface area (Å²) in [5, 5.41) is 8.98. The molecule has 0 spiro atoms. The Kier molecular flexibility index (Phi) is 5.27. The highest BCUT2D eigenvalue weighted by atomic mass is 16.5. The predicted octanol–water partition coefficient (Wildman–Crippen LogP) is 1.68. The fourth-order valence-corrected chi connectivity index (χ4v) is 2.29. The van der Waals surface area contributed by atoms with E-state index >= 15 is 0 Å². The van der Waals surface area contributed by atoms with Crippen molar-refractivity contribution in [2.24, 2.45) is 0 Å². The van der Waals surface area contributed by atoms with Crippen LogP contribution in [0.25, 0.3) is 0 Å². The van der Waals surface area contributed by atoms with Crippen LogP contribution in [0, 0.1) is 11.3 Å². The van der Waals surface area contributed by atoms with Gasteiger partial charge >= 0.3 is 0 Å². The number of carbonyl (C=O) groups is 1. The van der Waals surface area contributed by atoms with Gasteiger partial charge in [0, 0.05) is 25.4 Å². The highest BCUT2D eigenvalue weighted by Crippen LogP contribution is 2.19. The molecule has 6 heteroatoms. The van der Waals surface area contributed by atoms with E-state index in [4.69, 9.17) is 10.00 Å². The molecule has 1 aromatic heterocycles. The molecule has 0 saturated carbocycles. The molecule has 0 N–H and O–H groups in total. The fourth-order valence-electron chi connectivity index (χ4n) is 2.29. The Balaban J connectivity index is 1.97. The maximum Gasteiger partial charge on any atom is 0.251 e. The zero-order valence-electron chi connectivity index (χ0n) is 11.9. The Morgan fingerprint density at radius 3 is 3.14 bits per heavy atom. The van der Waals surface area contributed by atoms with Crippen molar-refractivity contribution >= 4 is 5.91 Å². The molecule has 21 heavy (non-hydrogen) atoms. The van der Waals surface area contributed by atoms with Crippen LogP contribution in [-0.2, 0) is 4.79 Å². The maximum absolute atomic E-state index is 12.0. The molecule has 0 radical (unpaired) electrons. The van der Waals surface area contributed by atoms with Gasteiger partial charge in [-0.2, -0.15) is 5.26 Å². The number of piperidine rings is 1. The van der Waals surface area contributed by atoms with E-state index in [-0.39, 0.29) is 23.6 Å². The molecule has 1 fully saturated rings. The van der Waals surface area contributed by atoms with Crippen LogP contribution in [0.5, 0.6) is 5.88 Å². The molecule has 0 aliphatic carbocycles. The van der Waals surface area contributed by atoms with Gasteiger partial charge in [-0.3, -0.25) is 4.79 Å². The van der Waals surface area contributed by atoms with Crippen molar-refractivity contribution in [3.63, 3.8) is 0 Å². The predicted molar refractivity (Wildman–Crippen MR) is 76.4 cm³/mol. The van der Waals surface area contributed by atoms with Crippen molar-refractivity contribution < 1.29 is 9.53 Å². The lowest BCUT2D eigenvalue weighted by Crippen LogP contribution is -2.44. The van der Waals surface area contributed by atoms with Gasteiger partial charge in [0.15, 0.2) is 0 Å². The maximum atomic E-state index is 12.0. The minimum atomic E-state index is -0.143. The molecule has 2 heterocycles. The highest BCUT2D eigenvalue weighted by molar-refractivity contribution is 5.76. The summed E-state index contributed by atoms with van der Waals surface area (Å²) in [5.74, 6) is 0.355. The number of aromatic nitrogens is 2. The number of nitrogens with zero attached hydrogens (tertiary/aromatic N) is 4. The minimum Gasteiger partial charge on any atom is -0.470 e. The van der Waals surface area contributed by atoms with Crippen LogP contribution in [0.15, 0.2) is 25.0 Å². The number of nitriles is 1. The Morgan fingerprint density at radius 1 is 1.57 bits per heavy atom. The SMILES string of the molecule is C=CCCC(=O)N1CCCC(Oc2nccnc2C#N)C1. The van der Waals surface area contributed by atoms with Gasteiger partial charge in [0.2, 0.25) is 11.6 Å². The van der Waals surface area contributed by atoms with Gasteiger partial charge in [-0.1, -0.05) is 6.08 Å². The lowest BCUT2D eigenvalue weighted by molar-refractivity contribution is -0.133. The standard InChI is InChI=1S/C15H18N4O2/c1-2-3-6-14(20)19-9-4-5-12(11-19)21-15-13(10-16)17-7-8-18-15/h2,7-8,12H,1,3-6,9,11H2. The summed E-state index contributed by atoms with van der Waals surface area (Å²) in [6.07, 6.45) is 7.43. The third kappa shape index (κ3) is 4.02. The lowest BCUT2D eigenvalue weighted by atomic mass is 10.1. The summed E-state index contributed by atoms with van der Waals surface area (Å²) in [5.41, 5.74) is 0.174. The zero-order chi connectivity index (χ0) is 15.1. The van der Waals surface area contributed by atoms with Crippen molar-refractivity contribution in [1.29, 1.82) is 5.26 Å². The van der Waals surface area contributed by atoms with Crippen LogP contribution in [-0.4, -0.2) is 40.0 Å². The van der Waals surface area contributed by atoms with E-state index in [1.807, 2.05) is 6.07 Å². The van der Waals surface area contributed by atoms with Crippen molar-refractivity contribution in [2.45, 2.75) is 31.8 Å². The number of carbonyl (C=O) groups excluding carboxylic acids is 1. The van der Waals surface area contributed by atoms with E-state index in [9.17, 15) is 4.79 Å². The molecule has 1 atom stereocenters. The smallest absolute Gasteiger partial charge is 0.251 e. The Bertz CT molecular complexity index is 553. The molecular weight excluding hydrogens is 268 g/mol. The summed E-state index contributed by atoms with van der Waals surface area (Å²) in [4.78, 5) is 21.8. The molecule has 1 aromatic rings. The van der Waals surface area contributed by atoms with Gasteiger partial charge in [-0.25, -0.2) is 9.97 Å². The van der Waals surface area contributed by atoms with Gasteiger partial charge in [-0.05, 0) is 19.3 Å². The summed E-state index contributed by atoms with van der Waals surface area (Å²) in [6, 6.07) is 1.96. The van der Waals surface area contributed by atoms with E-state index in [0.717, 1.165) is 19.4 Å². The second-order valence-electron chi connectivity index (χ2n) is 4.87. The summed E-state index contributed by atoms with van der Waals surface area (Å²) in [6.45, 7) is 4.90. The first-order valence-corrected chi connectivity index (χ1v) is 7.01. The molecule has 2 rings (SSSR count). The Hall–Kier alpha value is -2.42. The topological polar surface area (TPSA) is 79.1 Å². The number of hydrogen-bond donors (Lipinski definition) is 0. The summed E-state index contributed by atoms with van der Waals surface area (Å²) in [7, 11) is 0. The van der Waals surface area contributed by atoms with Crippen LogP contribution >= 0.6 is 0 Å². The van der Waals surface area contributed by atoms with Crippen LogP contribution < -0.4 is 4.74 Å². The molecule has 0 aromatic carbocycles. The molecule has 1 aliphatic heterocycles. The molecule has 1 saturated heterocycles. The lowest BCUT2D eigenvalue weighted by Gasteiger charge is -2.32. The van der Waals surface area contributed by atoms with Gasteiger partial charge in [-0.15, -0.1) is 6.58 Å². The molecular formula is C15H18N4O2. The normalized spacial score (nSPS) is 17.9. The van der Waals surface area contributed by atoms with Crippen molar-refractivity contribution in [2.75, 3.05) is 13.1 Å². The van der Waals surface area contributed by atoms with E-state index in [1.54, 1.807) is 11.0 Å². The van der Waals surface area contributed by atoms with Crippen molar-refractivity contribution in [3.8, 4) is 11.9 Å². The first-order chi connectivity index (χ1) is 10.2. The van der Waals surface area contributed by atoms with E-state index in [1.165, 1.54) is 12.4 Å². The Labute approximate surface area is 124 Å². The number of amides is 1. The van der Waals surface area contributed by atoms with E-state index in [2.05, 4.69) is 16.5 Å². The molecule has 0 bridgehead atoms. The van der Waals surface area contributed by atoms with Gasteiger partial charge in [0.1, 0.15) is 12.2 Å². The average Bonchev–Trinajstić information content (AvgIpc) is 2.53. The second-order valence-corrected chi connectivity index (χ2v) is 4.87. The highest BCUT2D eigenvalue weighted by Gasteiger charge is 2.25. The number of rotatable bonds is 5. The van der Waals surface area contributed by atoms with Crippen molar-refractivity contribution in [1.82, 2.24) is 14.9 Å². The largest absolute Gasteiger partial charge is 0.470 e. The number of ether oxygens (including phenoxy) is 1. The average molecular weight is 286 g/mol.